The number of amides is 2. The van der Waals surface area contributed by atoms with Gasteiger partial charge in [-0.25, -0.2) is 0 Å². The predicted molar refractivity (Wildman–Crippen MR) is 134 cm³/mol. The molecule has 1 saturated carbocycles. The number of carbonyl (C=O) groups excluding carboxylic acids is 2. The molecule has 7 nitrogen and oxygen atoms in total. The van der Waals surface area contributed by atoms with Gasteiger partial charge in [-0.2, -0.15) is 0 Å². The number of aromatic nitrogens is 2. The fourth-order valence-electron chi connectivity index (χ4n) is 5.80. The molecular weight excluding hydrogens is 446 g/mol. The van der Waals surface area contributed by atoms with Crippen LogP contribution in [0, 0.1) is 31.1 Å². The Labute approximate surface area is 203 Å². The van der Waals surface area contributed by atoms with Crippen molar-refractivity contribution in [2.45, 2.75) is 46.7 Å². The summed E-state index contributed by atoms with van der Waals surface area (Å²) in [5, 5.41) is 7.14. The number of hydrogen-bond acceptors (Lipinski definition) is 7. The van der Waals surface area contributed by atoms with Gasteiger partial charge in [0.1, 0.15) is 0 Å². The summed E-state index contributed by atoms with van der Waals surface area (Å²) in [6.45, 7) is 10.4. The maximum Gasteiger partial charge on any atom is 0.234 e. The highest BCUT2D eigenvalue weighted by atomic mass is 32.1. The van der Waals surface area contributed by atoms with Crippen LogP contribution in [0.4, 0.5) is 5.69 Å². The summed E-state index contributed by atoms with van der Waals surface area (Å²) >= 11 is 1.62. The minimum atomic E-state index is -0.186. The molecular formula is C26H29N5O2S. The number of pyridine rings is 2. The van der Waals surface area contributed by atoms with Gasteiger partial charge in [-0.1, -0.05) is 13.8 Å². The molecule has 3 aromatic heterocycles. The molecule has 2 saturated heterocycles. The van der Waals surface area contributed by atoms with Crippen molar-refractivity contribution in [1.82, 2.24) is 20.2 Å². The van der Waals surface area contributed by atoms with E-state index in [0.717, 1.165) is 62.8 Å². The van der Waals surface area contributed by atoms with Crippen molar-refractivity contribution in [3.05, 3.63) is 40.7 Å². The highest BCUT2D eigenvalue weighted by molar-refractivity contribution is 7.19. The number of aryl methyl sites for hydroxylation is 2. The summed E-state index contributed by atoms with van der Waals surface area (Å²) in [4.78, 5) is 37.4. The molecule has 3 aromatic rings. The molecule has 0 spiro atoms. The highest BCUT2D eigenvalue weighted by Crippen LogP contribution is 2.63. The third-order valence-electron chi connectivity index (χ3n) is 7.70. The Morgan fingerprint density at radius 3 is 2.65 bits per heavy atom. The van der Waals surface area contributed by atoms with Gasteiger partial charge in [0.2, 0.25) is 11.8 Å². The summed E-state index contributed by atoms with van der Waals surface area (Å²) in [7, 11) is 0. The fraction of sp³-hybridized carbons (Fsp3) is 0.462. The highest BCUT2D eigenvalue weighted by Gasteiger charge is 2.72. The van der Waals surface area contributed by atoms with E-state index >= 15 is 0 Å². The molecule has 6 rings (SSSR count). The first-order valence-electron chi connectivity index (χ1n) is 11.9. The van der Waals surface area contributed by atoms with Crippen LogP contribution in [-0.2, 0) is 16.1 Å². The zero-order valence-corrected chi connectivity index (χ0v) is 20.8. The second-order valence-corrected chi connectivity index (χ2v) is 11.6. The van der Waals surface area contributed by atoms with Gasteiger partial charge in [-0.15, -0.1) is 11.3 Å². The van der Waals surface area contributed by atoms with E-state index in [2.05, 4.69) is 34.7 Å². The van der Waals surface area contributed by atoms with Gasteiger partial charge < -0.3 is 10.6 Å². The zero-order chi connectivity index (χ0) is 23.8. The first-order chi connectivity index (χ1) is 16.3. The SMILES string of the molecule is Cc1cc(-c2ccnc3cc(CN4C(=O)C5C(C4=O)C5(C)C)sc23)c(NC2CCNC2)c(C)n1. The van der Waals surface area contributed by atoms with Gasteiger partial charge in [-0.3, -0.25) is 24.5 Å². The first kappa shape index (κ1) is 21.7. The quantitative estimate of drug-likeness (QED) is 0.545. The van der Waals surface area contributed by atoms with E-state index in [0.29, 0.717) is 12.6 Å². The van der Waals surface area contributed by atoms with Crippen LogP contribution in [0.1, 0.15) is 36.5 Å². The van der Waals surface area contributed by atoms with Crippen molar-refractivity contribution < 1.29 is 9.59 Å². The summed E-state index contributed by atoms with van der Waals surface area (Å²) in [6, 6.07) is 6.59. The van der Waals surface area contributed by atoms with E-state index in [1.54, 1.807) is 11.3 Å². The van der Waals surface area contributed by atoms with Crippen LogP contribution in [0.3, 0.4) is 0 Å². The van der Waals surface area contributed by atoms with E-state index < -0.39 is 0 Å². The molecule has 2 N–H and O–H groups in total. The van der Waals surface area contributed by atoms with E-state index in [4.69, 9.17) is 4.98 Å². The number of anilines is 1. The average Bonchev–Trinajstić information content (AvgIpc) is 3.24. The zero-order valence-electron chi connectivity index (χ0n) is 19.9. The summed E-state index contributed by atoms with van der Waals surface area (Å²) < 4.78 is 1.07. The molecule has 3 atom stereocenters. The summed E-state index contributed by atoms with van der Waals surface area (Å²) in [6.07, 6.45) is 2.92. The van der Waals surface area contributed by atoms with Crippen molar-refractivity contribution in [2.75, 3.05) is 18.4 Å². The monoisotopic (exact) mass is 475 g/mol. The van der Waals surface area contributed by atoms with Crippen molar-refractivity contribution in [3.63, 3.8) is 0 Å². The van der Waals surface area contributed by atoms with E-state index in [1.807, 2.05) is 33.0 Å². The minimum absolute atomic E-state index is 0.0253. The van der Waals surface area contributed by atoms with Crippen molar-refractivity contribution in [3.8, 4) is 11.1 Å². The smallest absolute Gasteiger partial charge is 0.234 e. The van der Waals surface area contributed by atoms with Gasteiger partial charge in [0, 0.05) is 40.5 Å². The molecule has 2 amide bonds. The Balaban J connectivity index is 1.36. The number of piperidine rings is 1. The Morgan fingerprint density at radius 2 is 1.94 bits per heavy atom. The average molecular weight is 476 g/mol. The van der Waals surface area contributed by atoms with Crippen LogP contribution >= 0.6 is 11.3 Å². The number of fused-ring (bicyclic) bond motifs is 2. The van der Waals surface area contributed by atoms with E-state index in [-0.39, 0.29) is 29.1 Å². The Hall–Kier alpha value is -2.84. The largest absolute Gasteiger partial charge is 0.379 e. The maximum absolute atomic E-state index is 12.8. The topological polar surface area (TPSA) is 87.2 Å². The van der Waals surface area contributed by atoms with Crippen molar-refractivity contribution in [2.24, 2.45) is 17.3 Å². The molecule has 34 heavy (non-hydrogen) atoms. The number of nitrogens with one attached hydrogen (secondary N) is 2. The number of likely N-dealkylation sites (tertiary alicyclic amines) is 1. The third kappa shape index (κ3) is 3.26. The fourth-order valence-corrected chi connectivity index (χ4v) is 6.93. The molecule has 3 aliphatic rings. The maximum atomic E-state index is 12.8. The number of nitrogens with zero attached hydrogens (tertiary/aromatic N) is 3. The number of rotatable bonds is 5. The third-order valence-corrected chi connectivity index (χ3v) is 8.84. The summed E-state index contributed by atoms with van der Waals surface area (Å²) in [5.41, 5.74) is 5.95. The lowest BCUT2D eigenvalue weighted by Crippen LogP contribution is -2.35. The van der Waals surface area contributed by atoms with Gasteiger partial charge in [-0.05, 0) is 50.4 Å². The molecule has 3 unspecified atom stereocenters. The summed E-state index contributed by atoms with van der Waals surface area (Å²) in [5.74, 6) is -0.348. The van der Waals surface area contributed by atoms with Crippen molar-refractivity contribution in [1.29, 1.82) is 0 Å². The molecule has 176 valence electrons. The lowest BCUT2D eigenvalue weighted by atomic mass is 10.0. The van der Waals surface area contributed by atoms with Crippen LogP contribution in [-0.4, -0.2) is 45.8 Å². The standard InChI is InChI=1S/C26H29N5O2S/c1-13-9-18(22(14(2)29-13)30-15-5-7-27-11-15)17-6-8-28-19-10-16(34-23(17)19)12-31-24(32)20-21(25(31)33)26(20,3)4/h6,8-10,15,20-21,27,30H,5,7,11-12H2,1-4H3. The molecule has 0 bridgehead atoms. The van der Waals surface area contributed by atoms with Gasteiger partial charge in [0.15, 0.2) is 0 Å². The predicted octanol–water partition coefficient (Wildman–Crippen LogP) is 3.89. The molecule has 3 fully saturated rings. The second-order valence-electron chi connectivity index (χ2n) is 10.4. The van der Waals surface area contributed by atoms with Crippen molar-refractivity contribution >= 4 is 39.1 Å². The number of thiophene rings is 1. The molecule has 1 aliphatic carbocycles. The van der Waals surface area contributed by atoms with Crippen LogP contribution in [0.25, 0.3) is 21.3 Å². The Bertz CT molecular complexity index is 1320. The number of hydrogen-bond donors (Lipinski definition) is 2. The normalized spacial score (nSPS) is 25.3. The molecule has 0 aromatic carbocycles. The molecule has 0 radical (unpaired) electrons. The van der Waals surface area contributed by atoms with Crippen LogP contribution in [0.2, 0.25) is 0 Å². The lowest BCUT2D eigenvalue weighted by molar-refractivity contribution is -0.143. The Morgan fingerprint density at radius 1 is 1.18 bits per heavy atom. The van der Waals surface area contributed by atoms with Crippen LogP contribution in [0.15, 0.2) is 24.4 Å². The lowest BCUT2D eigenvalue weighted by Gasteiger charge is -2.20. The van der Waals surface area contributed by atoms with Crippen LogP contribution < -0.4 is 10.6 Å². The van der Waals surface area contributed by atoms with Gasteiger partial charge in [0.25, 0.3) is 0 Å². The molecule has 2 aliphatic heterocycles. The van der Waals surface area contributed by atoms with Gasteiger partial charge >= 0.3 is 0 Å². The first-order valence-corrected chi connectivity index (χ1v) is 12.8. The number of carbonyl (C=O) groups is 2. The Kier molecular flexibility index (Phi) is 4.83. The van der Waals surface area contributed by atoms with Gasteiger partial charge in [0.05, 0.1) is 40.0 Å². The molecule has 5 heterocycles. The number of imide groups is 1. The van der Waals surface area contributed by atoms with E-state index in [9.17, 15) is 9.59 Å². The van der Waals surface area contributed by atoms with E-state index in [1.165, 1.54) is 4.90 Å². The molecule has 8 heteroatoms. The second kappa shape index (κ2) is 7.58. The van der Waals surface area contributed by atoms with Crippen LogP contribution in [0.5, 0.6) is 0 Å². The minimum Gasteiger partial charge on any atom is -0.379 e.